The van der Waals surface area contributed by atoms with Crippen molar-refractivity contribution in [2.45, 2.75) is 19.4 Å². The lowest BCUT2D eigenvalue weighted by Gasteiger charge is -2.14. The SMILES string of the molecule is C[C@H](NC(=O)COc1ccc(/C=N/NC(=O)Cc2ccccc2)cc1)c1ccccc1. The summed E-state index contributed by atoms with van der Waals surface area (Å²) in [6.07, 6.45) is 1.83. The first-order valence-electron chi connectivity index (χ1n) is 10.0. The van der Waals surface area contributed by atoms with Crippen LogP contribution in [0.15, 0.2) is 90.0 Å². The Kier molecular flexibility index (Phi) is 7.94. The van der Waals surface area contributed by atoms with Gasteiger partial charge in [0.05, 0.1) is 18.7 Å². The molecule has 0 unspecified atom stereocenters. The second kappa shape index (κ2) is 11.3. The van der Waals surface area contributed by atoms with Crippen LogP contribution in [0.2, 0.25) is 0 Å². The maximum Gasteiger partial charge on any atom is 0.258 e. The summed E-state index contributed by atoms with van der Waals surface area (Å²) in [5, 5.41) is 6.88. The normalized spacial score (nSPS) is 11.6. The second-order valence-electron chi connectivity index (χ2n) is 7.01. The molecule has 0 saturated carbocycles. The van der Waals surface area contributed by atoms with Crippen LogP contribution in [-0.4, -0.2) is 24.6 Å². The third-order valence-electron chi connectivity index (χ3n) is 4.54. The summed E-state index contributed by atoms with van der Waals surface area (Å²) < 4.78 is 5.54. The highest BCUT2D eigenvalue weighted by atomic mass is 16.5. The van der Waals surface area contributed by atoms with Crippen molar-refractivity contribution in [2.24, 2.45) is 5.10 Å². The number of hydrogen-bond donors (Lipinski definition) is 2. The summed E-state index contributed by atoms with van der Waals surface area (Å²) in [5.74, 6) is 0.203. The molecule has 0 spiro atoms. The summed E-state index contributed by atoms with van der Waals surface area (Å²) in [6, 6.07) is 26.2. The van der Waals surface area contributed by atoms with Crippen LogP contribution < -0.4 is 15.5 Å². The molecule has 158 valence electrons. The van der Waals surface area contributed by atoms with Gasteiger partial charge in [-0.05, 0) is 47.9 Å². The van der Waals surface area contributed by atoms with Gasteiger partial charge in [-0.1, -0.05) is 60.7 Å². The fourth-order valence-corrected chi connectivity index (χ4v) is 2.91. The van der Waals surface area contributed by atoms with Crippen LogP contribution >= 0.6 is 0 Å². The van der Waals surface area contributed by atoms with Gasteiger partial charge in [0.1, 0.15) is 5.75 Å². The van der Waals surface area contributed by atoms with Crippen LogP contribution in [0, 0.1) is 0 Å². The number of hydrazone groups is 1. The largest absolute Gasteiger partial charge is 0.484 e. The number of carbonyl (C=O) groups is 2. The molecule has 3 rings (SSSR count). The maximum atomic E-state index is 12.1. The highest BCUT2D eigenvalue weighted by Crippen LogP contribution is 2.13. The lowest BCUT2D eigenvalue weighted by molar-refractivity contribution is -0.123. The minimum absolute atomic E-state index is 0.0693. The molecule has 3 aromatic carbocycles. The fourth-order valence-electron chi connectivity index (χ4n) is 2.91. The van der Waals surface area contributed by atoms with Crippen molar-refractivity contribution in [1.29, 1.82) is 0 Å². The fraction of sp³-hybridized carbons (Fsp3) is 0.160. The van der Waals surface area contributed by atoms with Crippen molar-refractivity contribution < 1.29 is 14.3 Å². The zero-order valence-electron chi connectivity index (χ0n) is 17.3. The Balaban J connectivity index is 1.40. The van der Waals surface area contributed by atoms with Crippen molar-refractivity contribution in [3.8, 4) is 5.75 Å². The molecule has 6 nitrogen and oxygen atoms in total. The standard InChI is InChI=1S/C25H25N3O3/c1-19(22-10-6-3-7-11-22)27-25(30)18-31-23-14-12-21(13-15-23)17-26-28-24(29)16-20-8-4-2-5-9-20/h2-15,17,19H,16,18H2,1H3,(H,27,30)(H,28,29)/b26-17+/t19-/m0/s1. The minimum atomic E-state index is -0.192. The summed E-state index contributed by atoms with van der Waals surface area (Å²) in [6.45, 7) is 1.86. The van der Waals surface area contributed by atoms with Crippen molar-refractivity contribution in [1.82, 2.24) is 10.7 Å². The molecule has 1 atom stereocenters. The van der Waals surface area contributed by atoms with E-state index in [4.69, 9.17) is 4.74 Å². The first-order valence-corrected chi connectivity index (χ1v) is 10.0. The van der Waals surface area contributed by atoms with Crippen molar-refractivity contribution in [3.63, 3.8) is 0 Å². The topological polar surface area (TPSA) is 79.8 Å². The zero-order valence-corrected chi connectivity index (χ0v) is 17.3. The van der Waals surface area contributed by atoms with E-state index in [-0.39, 0.29) is 30.9 Å². The Hall–Kier alpha value is -3.93. The minimum Gasteiger partial charge on any atom is -0.484 e. The van der Waals surface area contributed by atoms with Gasteiger partial charge >= 0.3 is 0 Å². The Morgan fingerprint density at radius 1 is 0.903 bits per heavy atom. The van der Waals surface area contributed by atoms with Crippen LogP contribution in [0.4, 0.5) is 0 Å². The van der Waals surface area contributed by atoms with E-state index >= 15 is 0 Å². The molecule has 0 aliphatic carbocycles. The Bertz CT molecular complexity index is 1000. The predicted octanol–water partition coefficient (Wildman–Crippen LogP) is 3.64. The van der Waals surface area contributed by atoms with E-state index in [0.29, 0.717) is 5.75 Å². The van der Waals surface area contributed by atoms with Gasteiger partial charge < -0.3 is 10.1 Å². The molecule has 6 heteroatoms. The Morgan fingerprint density at radius 2 is 1.55 bits per heavy atom. The summed E-state index contributed by atoms with van der Waals surface area (Å²) in [7, 11) is 0. The van der Waals surface area contributed by atoms with Crippen LogP contribution in [0.25, 0.3) is 0 Å². The van der Waals surface area contributed by atoms with E-state index in [0.717, 1.165) is 16.7 Å². The van der Waals surface area contributed by atoms with Gasteiger partial charge in [-0.2, -0.15) is 5.10 Å². The molecule has 0 aliphatic rings. The maximum absolute atomic E-state index is 12.1. The van der Waals surface area contributed by atoms with E-state index in [1.165, 1.54) is 0 Å². The quantitative estimate of drug-likeness (QED) is 0.414. The molecule has 0 saturated heterocycles. The summed E-state index contributed by atoms with van der Waals surface area (Å²) in [4.78, 5) is 24.0. The molecule has 0 aromatic heterocycles. The first-order chi connectivity index (χ1) is 15.1. The molecule has 2 amide bonds. The van der Waals surface area contributed by atoms with Crippen LogP contribution in [0.1, 0.15) is 29.7 Å². The molecule has 0 heterocycles. The number of amides is 2. The van der Waals surface area contributed by atoms with Gasteiger partial charge in [0, 0.05) is 0 Å². The molecular formula is C25H25N3O3. The molecule has 0 fully saturated rings. The number of hydrogen-bond acceptors (Lipinski definition) is 4. The van der Waals surface area contributed by atoms with Gasteiger partial charge in [-0.25, -0.2) is 5.43 Å². The van der Waals surface area contributed by atoms with Crippen LogP contribution in [0.3, 0.4) is 0 Å². The van der Waals surface area contributed by atoms with E-state index < -0.39 is 0 Å². The average Bonchev–Trinajstić information content (AvgIpc) is 2.80. The van der Waals surface area contributed by atoms with Crippen LogP contribution in [0.5, 0.6) is 5.75 Å². The van der Waals surface area contributed by atoms with Crippen molar-refractivity contribution in [2.75, 3.05) is 6.61 Å². The lowest BCUT2D eigenvalue weighted by Crippen LogP contribution is -2.31. The zero-order chi connectivity index (χ0) is 21.9. The van der Waals surface area contributed by atoms with Gasteiger partial charge in [-0.15, -0.1) is 0 Å². The molecule has 2 N–H and O–H groups in total. The van der Waals surface area contributed by atoms with E-state index in [9.17, 15) is 9.59 Å². The number of ether oxygens (including phenoxy) is 1. The second-order valence-corrected chi connectivity index (χ2v) is 7.01. The van der Waals surface area contributed by atoms with Gasteiger partial charge in [-0.3, -0.25) is 9.59 Å². The summed E-state index contributed by atoms with van der Waals surface area (Å²) in [5.41, 5.74) is 5.28. The molecule has 0 bridgehead atoms. The molecule has 3 aromatic rings. The smallest absolute Gasteiger partial charge is 0.258 e. The van der Waals surface area contributed by atoms with E-state index in [1.54, 1.807) is 30.5 Å². The van der Waals surface area contributed by atoms with Crippen molar-refractivity contribution in [3.05, 3.63) is 102 Å². The van der Waals surface area contributed by atoms with Gasteiger partial charge in [0.2, 0.25) is 5.91 Å². The van der Waals surface area contributed by atoms with E-state index in [1.807, 2.05) is 67.6 Å². The lowest BCUT2D eigenvalue weighted by atomic mass is 10.1. The third-order valence-corrected chi connectivity index (χ3v) is 4.54. The van der Waals surface area contributed by atoms with Gasteiger partial charge in [0.25, 0.3) is 5.91 Å². The van der Waals surface area contributed by atoms with E-state index in [2.05, 4.69) is 15.8 Å². The third kappa shape index (κ3) is 7.44. The molecule has 0 radical (unpaired) electrons. The number of nitrogens with zero attached hydrogens (tertiary/aromatic N) is 1. The average molecular weight is 415 g/mol. The summed E-state index contributed by atoms with van der Waals surface area (Å²) >= 11 is 0. The van der Waals surface area contributed by atoms with Crippen molar-refractivity contribution >= 4 is 18.0 Å². The van der Waals surface area contributed by atoms with Gasteiger partial charge in [0.15, 0.2) is 6.61 Å². The number of nitrogens with one attached hydrogen (secondary N) is 2. The molecule has 0 aliphatic heterocycles. The van der Waals surface area contributed by atoms with Crippen LogP contribution in [-0.2, 0) is 16.0 Å². The first kappa shape index (κ1) is 21.8. The Morgan fingerprint density at radius 3 is 2.23 bits per heavy atom. The number of benzene rings is 3. The Labute approximate surface area is 182 Å². The predicted molar refractivity (Wildman–Crippen MR) is 121 cm³/mol. The number of carbonyl (C=O) groups excluding carboxylic acids is 2. The molecular weight excluding hydrogens is 390 g/mol. The monoisotopic (exact) mass is 415 g/mol. The highest BCUT2D eigenvalue weighted by molar-refractivity contribution is 5.83. The number of rotatable bonds is 9. The highest BCUT2D eigenvalue weighted by Gasteiger charge is 2.09. The molecule has 31 heavy (non-hydrogen) atoms.